The molecule has 144 valence electrons. The molecule has 1 aromatic rings. The van der Waals surface area contributed by atoms with Gasteiger partial charge in [-0.15, -0.1) is 0 Å². The van der Waals surface area contributed by atoms with Crippen molar-refractivity contribution >= 4 is 44.7 Å². The zero-order chi connectivity index (χ0) is 19.7. The summed E-state index contributed by atoms with van der Waals surface area (Å²) in [5, 5.41) is 0.581. The van der Waals surface area contributed by atoms with E-state index in [-0.39, 0.29) is 18.3 Å². The van der Waals surface area contributed by atoms with E-state index in [1.54, 1.807) is 38.0 Å². The van der Waals surface area contributed by atoms with E-state index < -0.39 is 12.0 Å². The van der Waals surface area contributed by atoms with Crippen molar-refractivity contribution in [2.24, 2.45) is 4.99 Å². The highest BCUT2D eigenvalue weighted by Crippen LogP contribution is 2.45. The molecule has 0 N–H and O–H groups in total. The van der Waals surface area contributed by atoms with E-state index in [2.05, 4.69) is 20.9 Å². The zero-order valence-corrected chi connectivity index (χ0v) is 17.8. The Morgan fingerprint density at radius 3 is 2.63 bits per heavy atom. The summed E-state index contributed by atoms with van der Waals surface area (Å²) in [6.45, 7) is 3.72. The van der Waals surface area contributed by atoms with E-state index in [1.165, 1.54) is 18.9 Å². The zero-order valence-electron chi connectivity index (χ0n) is 15.4. The summed E-state index contributed by atoms with van der Waals surface area (Å²) in [6, 6.07) is 2.86. The van der Waals surface area contributed by atoms with E-state index in [0.717, 1.165) is 0 Å². The van der Waals surface area contributed by atoms with Crippen LogP contribution in [-0.4, -0.2) is 48.5 Å². The Kier molecular flexibility index (Phi) is 5.81. The summed E-state index contributed by atoms with van der Waals surface area (Å²) in [6.07, 6.45) is 0. The normalized spacial score (nSPS) is 19.0. The molecule has 2 aliphatic rings. The predicted octanol–water partition coefficient (Wildman–Crippen LogP) is 3.29. The number of thioether (sulfide) groups is 1. The third kappa shape index (κ3) is 3.45. The lowest BCUT2D eigenvalue weighted by Gasteiger charge is -2.33. The Balaban J connectivity index is 2.21. The fraction of sp³-hybridized carbons (Fsp3) is 0.389. The molecule has 0 aromatic heterocycles. The smallest absolute Gasteiger partial charge is 0.338 e. The third-order valence-electron chi connectivity index (χ3n) is 4.28. The molecular weight excluding hydrogens is 436 g/mol. The molecule has 1 aromatic carbocycles. The number of nitrogens with zero attached hydrogens (tertiary/aromatic N) is 2. The highest BCUT2D eigenvalue weighted by molar-refractivity contribution is 9.10. The van der Waals surface area contributed by atoms with Crippen LogP contribution >= 0.6 is 27.7 Å². The molecule has 0 unspecified atom stereocenters. The summed E-state index contributed by atoms with van der Waals surface area (Å²) in [7, 11) is 3.08. The number of amides is 1. The van der Waals surface area contributed by atoms with Crippen molar-refractivity contribution in [3.8, 4) is 11.5 Å². The van der Waals surface area contributed by atoms with Gasteiger partial charge in [0.25, 0.3) is 0 Å². The highest BCUT2D eigenvalue weighted by Gasteiger charge is 2.44. The summed E-state index contributed by atoms with van der Waals surface area (Å²) in [5.74, 6) is 0.719. The Morgan fingerprint density at radius 2 is 2.00 bits per heavy atom. The number of carbonyl (C=O) groups excluding carboxylic acids is 2. The van der Waals surface area contributed by atoms with Crippen LogP contribution in [0.25, 0.3) is 0 Å². The van der Waals surface area contributed by atoms with Gasteiger partial charge in [-0.2, -0.15) is 0 Å². The molecule has 1 amide bonds. The number of amidine groups is 1. The van der Waals surface area contributed by atoms with Crippen LogP contribution in [0.2, 0.25) is 0 Å². The number of benzene rings is 1. The van der Waals surface area contributed by atoms with Crippen molar-refractivity contribution in [3.05, 3.63) is 33.4 Å². The van der Waals surface area contributed by atoms with E-state index >= 15 is 0 Å². The van der Waals surface area contributed by atoms with Gasteiger partial charge in [-0.3, -0.25) is 9.69 Å². The van der Waals surface area contributed by atoms with E-state index in [4.69, 9.17) is 14.2 Å². The van der Waals surface area contributed by atoms with Gasteiger partial charge >= 0.3 is 5.97 Å². The van der Waals surface area contributed by atoms with E-state index in [1.807, 2.05) is 0 Å². The molecule has 0 spiro atoms. The van der Waals surface area contributed by atoms with Crippen molar-refractivity contribution < 1.29 is 23.8 Å². The number of fused-ring (bicyclic) bond motifs is 1. The topological polar surface area (TPSA) is 77.4 Å². The molecule has 2 aliphatic heterocycles. The Labute approximate surface area is 169 Å². The van der Waals surface area contributed by atoms with Gasteiger partial charge in [0.05, 0.1) is 43.9 Å². The maximum absolute atomic E-state index is 12.7. The molecule has 1 saturated heterocycles. The summed E-state index contributed by atoms with van der Waals surface area (Å²) in [4.78, 5) is 31.3. The average molecular weight is 455 g/mol. The maximum Gasteiger partial charge on any atom is 0.338 e. The molecule has 1 atom stereocenters. The minimum absolute atomic E-state index is 0.111. The number of esters is 1. The summed E-state index contributed by atoms with van der Waals surface area (Å²) < 4.78 is 16.7. The molecule has 3 rings (SSSR count). The molecule has 1 fully saturated rings. The van der Waals surface area contributed by atoms with Crippen LogP contribution in [-0.2, 0) is 14.3 Å². The second-order valence-corrected chi connectivity index (χ2v) is 7.59. The molecule has 2 heterocycles. The van der Waals surface area contributed by atoms with Gasteiger partial charge in [0.2, 0.25) is 5.91 Å². The quantitative estimate of drug-likeness (QED) is 0.635. The fourth-order valence-corrected chi connectivity index (χ4v) is 4.56. The number of aliphatic imine (C=N–C) groups is 1. The van der Waals surface area contributed by atoms with Gasteiger partial charge < -0.3 is 14.2 Å². The fourth-order valence-electron chi connectivity index (χ4n) is 3.09. The molecule has 0 aliphatic carbocycles. The number of methoxy groups -OCH3 is 2. The molecule has 0 saturated carbocycles. The van der Waals surface area contributed by atoms with Gasteiger partial charge in [-0.1, -0.05) is 27.7 Å². The first kappa shape index (κ1) is 19.8. The van der Waals surface area contributed by atoms with Crippen LogP contribution in [0.15, 0.2) is 32.9 Å². The van der Waals surface area contributed by atoms with Crippen molar-refractivity contribution in [1.29, 1.82) is 0 Å². The number of rotatable bonds is 5. The molecular formula is C18H19BrN2O5S. The van der Waals surface area contributed by atoms with Gasteiger partial charge in [-0.25, -0.2) is 9.79 Å². The minimum Gasteiger partial charge on any atom is -0.493 e. The van der Waals surface area contributed by atoms with Crippen molar-refractivity contribution in [3.63, 3.8) is 0 Å². The number of ether oxygens (including phenoxy) is 3. The Bertz CT molecular complexity index is 868. The maximum atomic E-state index is 12.7. The lowest BCUT2D eigenvalue weighted by Crippen LogP contribution is -2.39. The van der Waals surface area contributed by atoms with Gasteiger partial charge in [0.1, 0.15) is 0 Å². The van der Waals surface area contributed by atoms with Gasteiger partial charge in [-0.05, 0) is 31.5 Å². The van der Waals surface area contributed by atoms with Gasteiger partial charge in [0, 0.05) is 4.47 Å². The number of allylic oxidation sites excluding steroid dienone is 1. The first-order valence-corrected chi connectivity index (χ1v) is 10.0. The van der Waals surface area contributed by atoms with Crippen molar-refractivity contribution in [1.82, 2.24) is 4.90 Å². The summed E-state index contributed by atoms with van der Waals surface area (Å²) in [5.41, 5.74) is 1.57. The monoisotopic (exact) mass is 454 g/mol. The number of halogens is 1. The van der Waals surface area contributed by atoms with Crippen LogP contribution in [0.4, 0.5) is 0 Å². The first-order chi connectivity index (χ1) is 12.9. The predicted molar refractivity (Wildman–Crippen MR) is 106 cm³/mol. The number of carbonyl (C=O) groups is 2. The largest absolute Gasteiger partial charge is 0.493 e. The van der Waals surface area contributed by atoms with Crippen molar-refractivity contribution in [2.75, 3.05) is 26.6 Å². The minimum atomic E-state index is -0.659. The number of hydrogen-bond acceptors (Lipinski definition) is 7. The third-order valence-corrected chi connectivity index (χ3v) is 5.90. The second-order valence-electron chi connectivity index (χ2n) is 5.80. The van der Waals surface area contributed by atoms with E-state index in [0.29, 0.717) is 38.0 Å². The molecule has 7 nitrogen and oxygen atoms in total. The van der Waals surface area contributed by atoms with Crippen molar-refractivity contribution in [2.45, 2.75) is 19.9 Å². The van der Waals surface area contributed by atoms with Crippen LogP contribution in [0.5, 0.6) is 11.5 Å². The van der Waals surface area contributed by atoms with E-state index in [9.17, 15) is 9.59 Å². The Morgan fingerprint density at radius 1 is 1.33 bits per heavy atom. The number of hydrogen-bond donors (Lipinski definition) is 0. The molecule has 0 bridgehead atoms. The standard InChI is InChI=1S/C18H19BrN2O5S/c1-5-26-17(23)15-9(2)20-18-21(14(22)8-27-18)16(15)10-6-12(24-3)13(25-4)7-11(10)19/h6-7,16H,5,8H2,1-4H3/t16-/m0/s1. The van der Waals surface area contributed by atoms with Crippen LogP contribution in [0.3, 0.4) is 0 Å². The SMILES string of the molecule is CCOC(=O)C1=C(C)N=C2SCC(=O)N2[C@H]1c1cc(OC)c(OC)cc1Br. The lowest BCUT2D eigenvalue weighted by atomic mass is 9.94. The van der Waals surface area contributed by atoms with Crippen LogP contribution in [0.1, 0.15) is 25.5 Å². The first-order valence-electron chi connectivity index (χ1n) is 8.25. The van der Waals surface area contributed by atoms with Gasteiger partial charge in [0.15, 0.2) is 16.7 Å². The molecule has 9 heteroatoms. The van der Waals surface area contributed by atoms with Crippen LogP contribution in [0, 0.1) is 0 Å². The second kappa shape index (κ2) is 7.93. The lowest BCUT2D eigenvalue weighted by molar-refractivity contribution is -0.139. The molecule has 0 radical (unpaired) electrons. The highest BCUT2D eigenvalue weighted by atomic mass is 79.9. The summed E-state index contributed by atoms with van der Waals surface area (Å²) >= 11 is 4.90. The average Bonchev–Trinajstić information content (AvgIpc) is 3.01. The Hall–Kier alpha value is -2.00. The molecule has 27 heavy (non-hydrogen) atoms. The van der Waals surface area contributed by atoms with Crippen LogP contribution < -0.4 is 9.47 Å².